The molecular formula is C53H99N2O10P. The lowest BCUT2D eigenvalue weighted by Crippen LogP contribution is -2.29. The summed E-state index contributed by atoms with van der Waals surface area (Å²) in [5, 5.41) is 2.88. The van der Waals surface area contributed by atoms with Gasteiger partial charge in [-0.25, -0.2) is 4.57 Å². The molecule has 0 saturated carbocycles. The van der Waals surface area contributed by atoms with Gasteiger partial charge in [-0.3, -0.25) is 28.2 Å². The van der Waals surface area contributed by atoms with Crippen LogP contribution in [-0.4, -0.2) is 67.5 Å². The first-order valence-corrected chi connectivity index (χ1v) is 28.4. The topological polar surface area (TPSA) is 181 Å². The van der Waals surface area contributed by atoms with Gasteiger partial charge in [-0.15, -0.1) is 0 Å². The van der Waals surface area contributed by atoms with Crippen molar-refractivity contribution in [1.29, 1.82) is 0 Å². The molecule has 0 saturated heterocycles. The number of ether oxygens (including phenoxy) is 2. The molecule has 0 bridgehead atoms. The van der Waals surface area contributed by atoms with Crippen LogP contribution in [0, 0.1) is 0 Å². The number of hydrogen-bond donors (Lipinski definition) is 3. The van der Waals surface area contributed by atoms with Gasteiger partial charge in [-0.2, -0.15) is 0 Å². The molecule has 0 aliphatic heterocycles. The lowest BCUT2D eigenvalue weighted by Gasteiger charge is -2.20. The lowest BCUT2D eigenvalue weighted by molar-refractivity contribution is -0.161. The van der Waals surface area contributed by atoms with Gasteiger partial charge in [0.1, 0.15) is 12.4 Å². The Labute approximate surface area is 403 Å². The van der Waals surface area contributed by atoms with Crippen LogP contribution in [0.5, 0.6) is 0 Å². The second kappa shape index (κ2) is 49.1. The zero-order valence-electron chi connectivity index (χ0n) is 42.2. The highest BCUT2D eigenvalue weighted by molar-refractivity contribution is 7.47. The summed E-state index contributed by atoms with van der Waals surface area (Å²) < 4.78 is 34.0. The molecule has 0 aromatic rings. The van der Waals surface area contributed by atoms with E-state index in [9.17, 15) is 28.6 Å². The first-order valence-electron chi connectivity index (χ1n) is 26.9. The molecule has 0 heterocycles. The van der Waals surface area contributed by atoms with Crippen LogP contribution in [0.4, 0.5) is 0 Å². The Balaban J connectivity index is 4.60. The van der Waals surface area contributed by atoms with Crippen LogP contribution in [-0.2, 0) is 42.3 Å². The number of rotatable bonds is 51. The molecule has 0 aromatic heterocycles. The van der Waals surface area contributed by atoms with Gasteiger partial charge in [0, 0.05) is 38.6 Å². The van der Waals surface area contributed by atoms with Crippen LogP contribution in [0.1, 0.15) is 251 Å². The molecule has 4 N–H and O–H groups in total. The van der Waals surface area contributed by atoms with Crippen molar-refractivity contribution in [3.05, 3.63) is 24.3 Å². The summed E-state index contributed by atoms with van der Waals surface area (Å²) in [4.78, 5) is 60.1. The average molecular weight is 955 g/mol. The van der Waals surface area contributed by atoms with Crippen LogP contribution in [0.25, 0.3) is 0 Å². The van der Waals surface area contributed by atoms with Crippen molar-refractivity contribution in [2.45, 2.75) is 258 Å². The molecule has 66 heavy (non-hydrogen) atoms. The maximum absolute atomic E-state index is 12.8. The zero-order chi connectivity index (χ0) is 48.4. The minimum atomic E-state index is -4.55. The van der Waals surface area contributed by atoms with Crippen molar-refractivity contribution in [2.24, 2.45) is 5.73 Å². The number of carbonyl (C=O) groups excluding carboxylic acids is 4. The van der Waals surface area contributed by atoms with Gasteiger partial charge in [0.25, 0.3) is 0 Å². The van der Waals surface area contributed by atoms with E-state index in [1.807, 2.05) is 0 Å². The van der Waals surface area contributed by atoms with E-state index in [2.05, 4.69) is 43.5 Å². The number of phosphoric acid groups is 1. The molecule has 0 aromatic carbocycles. The normalized spacial score (nSPS) is 13.0. The van der Waals surface area contributed by atoms with Crippen LogP contribution in [0.15, 0.2) is 24.3 Å². The molecule has 2 atom stereocenters. The molecule has 0 rings (SSSR count). The Morgan fingerprint density at radius 2 is 0.955 bits per heavy atom. The van der Waals surface area contributed by atoms with Crippen molar-refractivity contribution in [2.75, 3.05) is 32.9 Å². The number of hydrogen-bond acceptors (Lipinski definition) is 10. The van der Waals surface area contributed by atoms with E-state index in [1.54, 1.807) is 0 Å². The Morgan fingerprint density at radius 1 is 0.515 bits per heavy atom. The molecule has 0 aliphatic carbocycles. The molecule has 0 spiro atoms. The quantitative estimate of drug-likeness (QED) is 0.0228. The highest BCUT2D eigenvalue weighted by Gasteiger charge is 2.26. The number of amides is 1. The number of carbonyl (C=O) groups is 4. The Hall–Kier alpha value is -2.37. The van der Waals surface area contributed by atoms with Gasteiger partial charge in [-0.05, 0) is 103 Å². The molecule has 1 amide bonds. The van der Waals surface area contributed by atoms with Crippen molar-refractivity contribution in [1.82, 2.24) is 5.32 Å². The van der Waals surface area contributed by atoms with Gasteiger partial charge in [0.05, 0.1) is 13.2 Å². The second-order valence-corrected chi connectivity index (χ2v) is 19.6. The number of ketones is 1. The molecular weight excluding hydrogens is 856 g/mol. The molecule has 386 valence electrons. The number of Topliss-reactive ketones (excluding diaryl/α,β-unsaturated/α-hetero) is 1. The third-order valence-electron chi connectivity index (χ3n) is 11.6. The Bertz CT molecular complexity index is 1260. The standard InChI is InChI=1S/C53H99N2O10P/c1-3-5-7-9-11-13-15-17-19-21-23-25-27-29-32-42-52(58)62-47-50(65-53(59)43-33-30-28-26-24-22-20-18-16-14-12-10-8-6-4-2)48-64-66(60,61)63-46-38-40-49(56)39-34-35-41-51(57)55-45-37-31-36-44-54/h17-20,50H,3-16,21-48,54H2,1-2H3,(H,55,57)(H,60,61)/b19-17+,20-18+. The van der Waals surface area contributed by atoms with E-state index in [0.29, 0.717) is 51.6 Å². The molecule has 0 fully saturated rings. The largest absolute Gasteiger partial charge is 0.472 e. The number of esters is 2. The van der Waals surface area contributed by atoms with Crippen LogP contribution in [0.2, 0.25) is 0 Å². The monoisotopic (exact) mass is 955 g/mol. The molecule has 0 aliphatic rings. The van der Waals surface area contributed by atoms with Crippen LogP contribution in [0.3, 0.4) is 0 Å². The van der Waals surface area contributed by atoms with E-state index >= 15 is 0 Å². The molecule has 0 radical (unpaired) electrons. The third-order valence-corrected chi connectivity index (χ3v) is 12.6. The SMILES string of the molecule is CCCCCCCC/C=C/CCCCCCCC(=O)OCC(COP(=O)(O)OCCCC(=O)CCCCC(=O)NCCCCCN)OC(=O)CCCCCCC/C=C/CCCCCCCC. The average Bonchev–Trinajstić information content (AvgIpc) is 3.30. The summed E-state index contributed by atoms with van der Waals surface area (Å²) in [5.74, 6) is -0.946. The predicted molar refractivity (Wildman–Crippen MR) is 270 cm³/mol. The Morgan fingerprint density at radius 3 is 1.48 bits per heavy atom. The minimum absolute atomic E-state index is 0.0173. The highest BCUT2D eigenvalue weighted by atomic mass is 31.2. The van der Waals surface area contributed by atoms with Gasteiger partial charge < -0.3 is 25.4 Å². The smallest absolute Gasteiger partial charge is 0.462 e. The second-order valence-electron chi connectivity index (χ2n) is 18.1. The maximum atomic E-state index is 12.8. The lowest BCUT2D eigenvalue weighted by atomic mass is 10.1. The van der Waals surface area contributed by atoms with E-state index in [1.165, 1.54) is 77.0 Å². The summed E-state index contributed by atoms with van der Waals surface area (Å²) >= 11 is 0. The number of phosphoric ester groups is 1. The van der Waals surface area contributed by atoms with E-state index in [-0.39, 0.29) is 50.6 Å². The number of unbranched alkanes of at least 4 members (excludes halogenated alkanes) is 25. The first kappa shape index (κ1) is 63.6. The minimum Gasteiger partial charge on any atom is -0.462 e. The van der Waals surface area contributed by atoms with E-state index < -0.39 is 32.5 Å². The van der Waals surface area contributed by atoms with E-state index in [4.69, 9.17) is 24.3 Å². The van der Waals surface area contributed by atoms with Gasteiger partial charge in [0.2, 0.25) is 5.91 Å². The van der Waals surface area contributed by atoms with Crippen molar-refractivity contribution >= 4 is 31.5 Å². The van der Waals surface area contributed by atoms with Crippen LogP contribution < -0.4 is 11.1 Å². The van der Waals surface area contributed by atoms with Crippen molar-refractivity contribution in [3.63, 3.8) is 0 Å². The fourth-order valence-corrected chi connectivity index (χ4v) is 8.25. The first-order chi connectivity index (χ1) is 32.1. The summed E-state index contributed by atoms with van der Waals surface area (Å²) in [7, 11) is -4.55. The van der Waals surface area contributed by atoms with Gasteiger partial charge in [0.15, 0.2) is 6.10 Å². The van der Waals surface area contributed by atoms with Gasteiger partial charge >= 0.3 is 19.8 Å². The maximum Gasteiger partial charge on any atom is 0.472 e. The highest BCUT2D eigenvalue weighted by Crippen LogP contribution is 2.43. The summed E-state index contributed by atoms with van der Waals surface area (Å²) in [6.07, 6.45) is 43.6. The molecule has 13 heteroatoms. The number of allylic oxidation sites excluding steroid dienone is 4. The van der Waals surface area contributed by atoms with Gasteiger partial charge in [-0.1, -0.05) is 147 Å². The molecule has 2 unspecified atom stereocenters. The number of nitrogens with one attached hydrogen (secondary N) is 1. The predicted octanol–water partition coefficient (Wildman–Crippen LogP) is 13.8. The van der Waals surface area contributed by atoms with Crippen molar-refractivity contribution in [3.8, 4) is 0 Å². The Kier molecular flexibility index (Phi) is 47.3. The fourth-order valence-electron chi connectivity index (χ4n) is 7.46. The summed E-state index contributed by atoms with van der Waals surface area (Å²) in [6, 6.07) is 0. The third kappa shape index (κ3) is 48.1. The zero-order valence-corrected chi connectivity index (χ0v) is 43.1. The van der Waals surface area contributed by atoms with Crippen LogP contribution >= 0.6 is 7.82 Å². The number of nitrogens with two attached hydrogens (primary N) is 1. The summed E-state index contributed by atoms with van der Waals surface area (Å²) in [5.41, 5.74) is 5.49. The summed E-state index contributed by atoms with van der Waals surface area (Å²) in [6.45, 7) is 4.79. The fraction of sp³-hybridized carbons (Fsp3) is 0.849. The molecule has 12 nitrogen and oxygen atoms in total. The van der Waals surface area contributed by atoms with Crippen molar-refractivity contribution < 1.29 is 47.2 Å². The van der Waals surface area contributed by atoms with E-state index in [0.717, 1.165) is 96.3 Å².